The predicted molar refractivity (Wildman–Crippen MR) is 150 cm³/mol. The molecule has 2 aromatic heterocycles. The number of hydrogen-bond acceptors (Lipinski definition) is 4. The monoisotopic (exact) mass is 504 g/mol. The van der Waals surface area contributed by atoms with Gasteiger partial charge in [-0.3, -0.25) is 9.78 Å². The van der Waals surface area contributed by atoms with Crippen LogP contribution in [0, 0.1) is 20.8 Å². The summed E-state index contributed by atoms with van der Waals surface area (Å²) in [6.07, 6.45) is 3.44. The second-order valence-corrected chi connectivity index (χ2v) is 9.99. The van der Waals surface area contributed by atoms with Gasteiger partial charge in [0.15, 0.2) is 0 Å². The Kier molecular flexibility index (Phi) is 7.38. The molecule has 1 unspecified atom stereocenters. The Morgan fingerprint density at radius 2 is 1.76 bits per heavy atom. The normalized spacial score (nSPS) is 12.8. The van der Waals surface area contributed by atoms with Crippen molar-refractivity contribution in [3.05, 3.63) is 136 Å². The van der Waals surface area contributed by atoms with Crippen LogP contribution in [0.4, 0.5) is 0 Å². The minimum Gasteiger partial charge on any atom is -0.458 e. The number of aryl methyl sites for hydroxylation is 3. The van der Waals surface area contributed by atoms with Gasteiger partial charge in [-0.15, -0.1) is 0 Å². The van der Waals surface area contributed by atoms with Crippen molar-refractivity contribution in [3.63, 3.8) is 0 Å². The lowest BCUT2D eigenvalue weighted by Gasteiger charge is -2.22. The van der Waals surface area contributed by atoms with Gasteiger partial charge in [0.1, 0.15) is 17.4 Å². The highest BCUT2D eigenvalue weighted by molar-refractivity contribution is 5.83. The number of carbonyl (C=O) groups is 1. The summed E-state index contributed by atoms with van der Waals surface area (Å²) in [5.74, 6) is 0.451. The summed E-state index contributed by atoms with van der Waals surface area (Å²) in [6, 6.07) is 25.7. The average Bonchev–Trinajstić information content (AvgIpc) is 3.33. The number of nitrogens with one attached hydrogen (secondary N) is 1. The Morgan fingerprint density at radius 1 is 0.947 bits per heavy atom. The topological polar surface area (TPSA) is 75.4 Å². The minimum atomic E-state index is -0.764. The second kappa shape index (κ2) is 11.0. The third kappa shape index (κ3) is 5.68. The van der Waals surface area contributed by atoms with E-state index in [-0.39, 0.29) is 18.4 Å². The third-order valence-corrected chi connectivity index (χ3v) is 7.02. The quantitative estimate of drug-likeness (QED) is 0.254. The van der Waals surface area contributed by atoms with Crippen LogP contribution in [0.1, 0.15) is 56.9 Å². The molecule has 0 saturated carbocycles. The first-order valence-electron chi connectivity index (χ1n) is 12.9. The van der Waals surface area contributed by atoms with E-state index in [1.165, 1.54) is 5.56 Å². The van der Waals surface area contributed by atoms with Crippen molar-refractivity contribution in [2.75, 3.05) is 0 Å². The molecule has 0 spiro atoms. The summed E-state index contributed by atoms with van der Waals surface area (Å²) in [4.78, 5) is 17.4. The van der Waals surface area contributed by atoms with Crippen molar-refractivity contribution in [1.29, 1.82) is 0 Å². The molecule has 192 valence electrons. The zero-order valence-electron chi connectivity index (χ0n) is 21.9. The van der Waals surface area contributed by atoms with Crippen molar-refractivity contribution in [3.8, 4) is 0 Å². The maximum atomic E-state index is 13.3. The zero-order valence-corrected chi connectivity index (χ0v) is 21.9. The molecule has 2 heterocycles. The number of aliphatic hydroxyl groups excluding tert-OH is 1. The standard InChI is InChI=1S/C33H32N2O3/c1-21-9-11-28(22(2)15-21)33(25-7-5-4-6-8-25)35-32(37)17-24-10-12-30-27(16-24)19-31(38-30)29(36)18-26-13-14-34-20-23(26)3/h4-16,19-20,29,33,36H,17-18H2,1-3H3,(H,35,37)/t29?,33-/m0/s1. The van der Waals surface area contributed by atoms with Gasteiger partial charge >= 0.3 is 0 Å². The van der Waals surface area contributed by atoms with Crippen LogP contribution in [0.2, 0.25) is 0 Å². The van der Waals surface area contributed by atoms with E-state index in [9.17, 15) is 9.90 Å². The van der Waals surface area contributed by atoms with Gasteiger partial charge in [-0.25, -0.2) is 0 Å². The SMILES string of the molecule is Cc1ccc([C@@H](NC(=O)Cc2ccc3oc(C(O)Cc4ccncc4C)cc3c2)c2ccccc2)c(C)c1. The largest absolute Gasteiger partial charge is 0.458 e. The first-order chi connectivity index (χ1) is 18.4. The molecule has 0 bridgehead atoms. The first-order valence-corrected chi connectivity index (χ1v) is 12.9. The van der Waals surface area contributed by atoms with Gasteiger partial charge in [0, 0.05) is 24.2 Å². The van der Waals surface area contributed by atoms with E-state index in [1.54, 1.807) is 12.4 Å². The van der Waals surface area contributed by atoms with Gasteiger partial charge in [0.25, 0.3) is 0 Å². The fourth-order valence-corrected chi connectivity index (χ4v) is 4.96. The lowest BCUT2D eigenvalue weighted by Crippen LogP contribution is -2.31. The maximum Gasteiger partial charge on any atom is 0.225 e. The molecule has 0 saturated heterocycles. The van der Waals surface area contributed by atoms with Crippen LogP contribution in [-0.4, -0.2) is 16.0 Å². The summed E-state index contributed by atoms with van der Waals surface area (Å²) >= 11 is 0. The second-order valence-electron chi connectivity index (χ2n) is 9.99. The van der Waals surface area contributed by atoms with Gasteiger partial charge < -0.3 is 14.8 Å². The van der Waals surface area contributed by atoms with Gasteiger partial charge in [-0.05, 0) is 78.4 Å². The average molecular weight is 505 g/mol. The number of furan rings is 1. The number of nitrogens with zero attached hydrogens (tertiary/aromatic N) is 1. The minimum absolute atomic E-state index is 0.0601. The number of pyridine rings is 1. The van der Waals surface area contributed by atoms with E-state index in [2.05, 4.69) is 42.3 Å². The predicted octanol–water partition coefficient (Wildman–Crippen LogP) is 6.48. The number of aliphatic hydroxyl groups is 1. The Hall–Kier alpha value is -4.22. The molecule has 38 heavy (non-hydrogen) atoms. The van der Waals surface area contributed by atoms with Gasteiger partial charge in [0.2, 0.25) is 5.91 Å². The molecule has 5 rings (SSSR count). The molecule has 2 N–H and O–H groups in total. The molecule has 0 radical (unpaired) electrons. The van der Waals surface area contributed by atoms with Gasteiger partial charge in [-0.1, -0.05) is 60.2 Å². The van der Waals surface area contributed by atoms with Crippen molar-refractivity contribution in [1.82, 2.24) is 10.3 Å². The molecule has 5 heteroatoms. The number of fused-ring (bicyclic) bond motifs is 1. The number of carbonyl (C=O) groups excluding carboxylic acids is 1. The van der Waals surface area contributed by atoms with Crippen LogP contribution in [0.25, 0.3) is 11.0 Å². The fourth-order valence-electron chi connectivity index (χ4n) is 4.96. The molecule has 0 aliphatic heterocycles. The summed E-state index contributed by atoms with van der Waals surface area (Å²) in [7, 11) is 0. The van der Waals surface area contributed by atoms with Crippen molar-refractivity contribution in [2.24, 2.45) is 0 Å². The first kappa shape index (κ1) is 25.4. The number of hydrogen-bond donors (Lipinski definition) is 2. The zero-order chi connectivity index (χ0) is 26.6. The smallest absolute Gasteiger partial charge is 0.225 e. The van der Waals surface area contributed by atoms with Crippen LogP contribution >= 0.6 is 0 Å². The van der Waals surface area contributed by atoms with Crippen molar-refractivity contribution in [2.45, 2.75) is 45.8 Å². The molecule has 3 aromatic carbocycles. The molecule has 2 atom stereocenters. The van der Waals surface area contributed by atoms with E-state index in [4.69, 9.17) is 4.42 Å². The van der Waals surface area contributed by atoms with E-state index in [0.717, 1.165) is 38.8 Å². The Balaban J connectivity index is 1.33. The Labute approximate surface area is 223 Å². The summed E-state index contributed by atoms with van der Waals surface area (Å²) in [5, 5.41) is 14.9. The lowest BCUT2D eigenvalue weighted by molar-refractivity contribution is -0.120. The summed E-state index contributed by atoms with van der Waals surface area (Å²) in [5.41, 5.74) is 8.10. The molecular weight excluding hydrogens is 472 g/mol. The molecule has 0 aliphatic carbocycles. The van der Waals surface area contributed by atoms with E-state index in [1.807, 2.05) is 67.6 Å². The van der Waals surface area contributed by atoms with E-state index in [0.29, 0.717) is 17.8 Å². The van der Waals surface area contributed by atoms with Crippen LogP contribution in [0.5, 0.6) is 0 Å². The fraction of sp³-hybridized carbons (Fsp3) is 0.212. The highest BCUT2D eigenvalue weighted by Crippen LogP contribution is 2.29. The number of benzene rings is 3. The van der Waals surface area contributed by atoms with Gasteiger partial charge in [0.05, 0.1) is 12.5 Å². The van der Waals surface area contributed by atoms with Gasteiger partial charge in [-0.2, -0.15) is 0 Å². The summed E-state index contributed by atoms with van der Waals surface area (Å²) in [6.45, 7) is 6.14. The van der Waals surface area contributed by atoms with Crippen molar-refractivity contribution >= 4 is 16.9 Å². The van der Waals surface area contributed by atoms with Crippen LogP contribution in [-0.2, 0) is 17.6 Å². The Bertz CT molecular complexity index is 1570. The number of rotatable bonds is 8. The van der Waals surface area contributed by atoms with Crippen molar-refractivity contribution < 1.29 is 14.3 Å². The van der Waals surface area contributed by atoms with E-state index < -0.39 is 6.10 Å². The maximum absolute atomic E-state index is 13.3. The van der Waals surface area contributed by atoms with Crippen LogP contribution < -0.4 is 5.32 Å². The molecule has 5 nitrogen and oxygen atoms in total. The molecule has 5 aromatic rings. The van der Waals surface area contributed by atoms with Crippen LogP contribution in [0.3, 0.4) is 0 Å². The lowest BCUT2D eigenvalue weighted by atomic mass is 9.93. The molecule has 1 amide bonds. The molecular formula is C33H32N2O3. The highest BCUT2D eigenvalue weighted by Gasteiger charge is 2.20. The molecule has 0 fully saturated rings. The number of aromatic nitrogens is 1. The molecule has 0 aliphatic rings. The van der Waals surface area contributed by atoms with Crippen LogP contribution in [0.15, 0.2) is 95.7 Å². The highest BCUT2D eigenvalue weighted by atomic mass is 16.4. The van der Waals surface area contributed by atoms with E-state index >= 15 is 0 Å². The Morgan fingerprint density at radius 3 is 2.53 bits per heavy atom. The summed E-state index contributed by atoms with van der Waals surface area (Å²) < 4.78 is 5.94. The number of amides is 1. The third-order valence-electron chi connectivity index (χ3n) is 7.02.